The van der Waals surface area contributed by atoms with Gasteiger partial charge in [0.05, 0.1) is 90.9 Å². The Balaban J connectivity index is 0.000000143. The molecule has 0 amide bonds. The van der Waals surface area contributed by atoms with Crippen LogP contribution in [-0.2, 0) is 4.74 Å². The van der Waals surface area contributed by atoms with Crippen LogP contribution < -0.4 is 28.4 Å². The Labute approximate surface area is 841 Å². The topological polar surface area (TPSA) is 199 Å². The monoisotopic (exact) mass is 1920 g/mol. The molecule has 0 aliphatic heterocycles. The van der Waals surface area contributed by atoms with Crippen molar-refractivity contribution in [2.45, 2.75) is 90.0 Å². The third-order valence-corrected chi connectivity index (χ3v) is 24.0. The molecule has 0 aliphatic rings. The number of fused-ring (bicyclic) bond motifs is 6. The second kappa shape index (κ2) is 52.0. The number of nitro benzene ring substituents is 1. The minimum Gasteiger partial charge on any atom is -0.493 e. The largest absolute Gasteiger partial charge is 0.493 e. The normalized spacial score (nSPS) is 11.2. The van der Waals surface area contributed by atoms with E-state index in [1.165, 1.54) is 55.9 Å². The van der Waals surface area contributed by atoms with E-state index >= 15 is 0 Å². The Hall–Kier alpha value is -16.2. The average Bonchev–Trinajstić information content (AvgIpc) is 0.809. The second-order valence-corrected chi connectivity index (χ2v) is 33.5. The van der Waals surface area contributed by atoms with Crippen LogP contribution in [0.25, 0.3) is 64.6 Å². The van der Waals surface area contributed by atoms with E-state index in [0.29, 0.717) is 57.5 Å². The fraction of sp³-hybridized carbons (Fsp3) is 0.163. The summed E-state index contributed by atoms with van der Waals surface area (Å²) in [6.45, 7) is 30.0. The minimum atomic E-state index is -0.425. The van der Waals surface area contributed by atoms with Gasteiger partial charge in [-0.05, 0) is 292 Å². The molecule has 0 radical (unpaired) electrons. The third kappa shape index (κ3) is 27.4. The number of nitro groups is 1. The van der Waals surface area contributed by atoms with Gasteiger partial charge in [0.1, 0.15) is 34.5 Å². The Kier molecular flexibility index (Phi) is 37.8. The zero-order chi connectivity index (χ0) is 100. The molecule has 0 atom stereocenters. The van der Waals surface area contributed by atoms with Crippen LogP contribution in [0.1, 0.15) is 126 Å². The number of ether oxygens (including phenoxy) is 7. The van der Waals surface area contributed by atoms with Crippen molar-refractivity contribution >= 4 is 171 Å². The van der Waals surface area contributed by atoms with Gasteiger partial charge in [0.2, 0.25) is 0 Å². The number of carbonyl (C=O) groups excluding carboxylic acids is 1. The highest BCUT2D eigenvalue weighted by atomic mass is 35.5. The summed E-state index contributed by atoms with van der Waals surface area (Å²) in [6, 6.07) is 111. The predicted octanol–water partition coefficient (Wildman–Crippen LogP) is 33.2. The van der Waals surface area contributed by atoms with Crippen LogP contribution in [0.4, 0.5) is 39.8 Å². The molecule has 0 saturated heterocycles. The highest BCUT2D eigenvalue weighted by molar-refractivity contribution is 6.32. The minimum absolute atomic E-state index is 0.0501. The summed E-state index contributed by atoms with van der Waals surface area (Å²) in [4.78, 5) is 49.7. The van der Waals surface area contributed by atoms with E-state index in [-0.39, 0.29) is 11.7 Å². The van der Waals surface area contributed by atoms with Gasteiger partial charge in [-0.15, -0.1) is 0 Å². The van der Waals surface area contributed by atoms with Gasteiger partial charge >= 0.3 is 5.97 Å². The molecule has 142 heavy (non-hydrogen) atoms. The van der Waals surface area contributed by atoms with E-state index in [0.717, 1.165) is 161 Å². The SMILES string of the molecule is CCOC(=O)c1ccc(N=Cc2c(OCC)ccc3ccccc23)cc1.CCOc1ccc2ccccc2c1C=Nc1ccc(C)c(Cl)c1.CCOc1ccc2ccccc2c1C=Nc1ccc(C)cc1C.CCOc1ccc2ccccc2c1C=Nc1ccc([N+](=O)[O-])cc1.CCOc1ccc2ccccc2c1C=Nc1cccc(C)c1C.CCOc1ccc2ccccc2c1C=Nc1cccc(Cl)c1C. The molecule has 0 N–H and O–H groups in total. The van der Waals surface area contributed by atoms with Crippen molar-refractivity contribution in [3.8, 4) is 34.5 Å². The number of benzene rings is 18. The molecule has 18 aromatic rings. The molecule has 0 aliphatic carbocycles. The van der Waals surface area contributed by atoms with E-state index in [1.54, 1.807) is 49.5 Å². The van der Waals surface area contributed by atoms with Gasteiger partial charge in [-0.1, -0.05) is 247 Å². The second-order valence-electron chi connectivity index (χ2n) is 32.7. The zero-order valence-corrected chi connectivity index (χ0v) is 83.7. The van der Waals surface area contributed by atoms with Gasteiger partial charge in [-0.3, -0.25) is 40.1 Å². The van der Waals surface area contributed by atoms with Crippen LogP contribution in [0.5, 0.6) is 34.5 Å². The van der Waals surface area contributed by atoms with Gasteiger partial charge < -0.3 is 33.2 Å². The number of nitrogens with zero attached hydrogens (tertiary/aromatic N) is 7. The van der Waals surface area contributed by atoms with Crippen LogP contribution >= 0.6 is 23.2 Å². The molecule has 0 saturated carbocycles. The average molecular weight is 1920 g/mol. The standard InChI is InChI=1S/C22H21NO3.2C21H21NO.2C20H18ClNO.C19H16N2O3/c1-3-25-21-14-11-16-7-5-6-8-19(16)20(21)15-23-18-12-9-17(10-13-18)22(24)26-4-2;1-4-23-21-13-12-17-9-5-6-10-18(17)19(21)14-22-20-11-7-8-15(2)16(20)3;1-4-23-21-12-10-17-7-5-6-8-18(17)19(21)14-22-20-11-9-15(2)13-16(20)3;1-3-23-20-12-11-15-7-4-5-8-16(15)17(20)13-22-19-10-6-9-18(21)14(19)2;1-3-23-20-11-9-15-6-4-5-7-17(15)18(20)13-22-16-10-8-14(2)19(21)12-16;1-2-24-19-12-7-14-5-3-4-6-17(14)18(19)13-20-15-8-10-16(11-9-15)21(22)23/h5-15H,3-4H2,1-2H3;2*5-14H,4H2,1-3H3;2*4-13H,3H2,1-2H3;3-13H,2H2,1H3. The van der Waals surface area contributed by atoms with Gasteiger partial charge in [0.15, 0.2) is 0 Å². The molecule has 18 aromatic carbocycles. The van der Waals surface area contributed by atoms with E-state index in [9.17, 15) is 14.9 Å². The summed E-state index contributed by atoms with van der Waals surface area (Å²) < 4.78 is 39.6. The Bertz CT molecular complexity index is 7480. The number of aryl methyl sites for hydroxylation is 4. The lowest BCUT2D eigenvalue weighted by Crippen LogP contribution is -2.03. The first kappa shape index (κ1) is 103. The van der Waals surface area contributed by atoms with E-state index < -0.39 is 4.92 Å². The molecular weight excluding hydrogens is 1810 g/mol. The number of non-ortho nitro benzene ring substituents is 1. The maximum Gasteiger partial charge on any atom is 0.338 e. The first-order chi connectivity index (χ1) is 69.2. The van der Waals surface area contributed by atoms with Crippen molar-refractivity contribution in [3.05, 3.63) is 432 Å². The molecule has 0 spiro atoms. The maximum atomic E-state index is 11.7. The number of rotatable bonds is 27. The summed E-state index contributed by atoms with van der Waals surface area (Å²) in [5.41, 5.74) is 18.5. The number of hydrogen-bond acceptors (Lipinski definition) is 16. The van der Waals surface area contributed by atoms with Crippen molar-refractivity contribution in [2.24, 2.45) is 30.0 Å². The number of halogens is 2. The molecule has 0 fully saturated rings. The smallest absolute Gasteiger partial charge is 0.338 e. The van der Waals surface area contributed by atoms with Crippen molar-refractivity contribution in [2.75, 3.05) is 46.2 Å². The van der Waals surface area contributed by atoms with Crippen molar-refractivity contribution in [1.82, 2.24) is 0 Å². The predicted molar refractivity (Wildman–Crippen MR) is 594 cm³/mol. The van der Waals surface area contributed by atoms with Gasteiger partial charge in [0.25, 0.3) is 5.69 Å². The summed E-state index contributed by atoms with van der Waals surface area (Å²) in [7, 11) is 0. The van der Waals surface area contributed by atoms with Gasteiger partial charge in [0, 0.05) is 92.8 Å². The molecule has 0 bridgehead atoms. The molecule has 0 aromatic heterocycles. The van der Waals surface area contributed by atoms with Crippen molar-refractivity contribution in [3.63, 3.8) is 0 Å². The number of aliphatic imine (C=N–C) groups is 6. The quantitative estimate of drug-likeness (QED) is 0.0206. The molecule has 17 nitrogen and oxygen atoms in total. The first-order valence-electron chi connectivity index (χ1n) is 47.5. The molecule has 18 rings (SSSR count). The van der Waals surface area contributed by atoms with Crippen LogP contribution in [-0.4, -0.2) is 94.4 Å². The summed E-state index contributed by atoms with van der Waals surface area (Å²) in [6.07, 6.45) is 11.1. The summed E-state index contributed by atoms with van der Waals surface area (Å²) >= 11 is 12.3. The number of esters is 1. The molecule has 0 heterocycles. The lowest BCUT2D eigenvalue weighted by atomic mass is 10.0. The fourth-order valence-corrected chi connectivity index (χ4v) is 16.1. The Morgan fingerprint density at radius 3 is 0.923 bits per heavy atom. The zero-order valence-electron chi connectivity index (χ0n) is 82.2. The van der Waals surface area contributed by atoms with E-state index in [2.05, 4.69) is 157 Å². The van der Waals surface area contributed by atoms with Gasteiger partial charge in [-0.25, -0.2) is 4.79 Å². The first-order valence-corrected chi connectivity index (χ1v) is 48.2. The van der Waals surface area contributed by atoms with Crippen LogP contribution in [0.3, 0.4) is 0 Å². The molecule has 716 valence electrons. The van der Waals surface area contributed by atoms with E-state index in [1.807, 2.05) is 268 Å². The Morgan fingerprint density at radius 1 is 0.282 bits per heavy atom. The highest BCUT2D eigenvalue weighted by Crippen LogP contribution is 2.37. The Morgan fingerprint density at radius 2 is 0.592 bits per heavy atom. The highest BCUT2D eigenvalue weighted by Gasteiger charge is 2.17. The van der Waals surface area contributed by atoms with Crippen molar-refractivity contribution < 1.29 is 42.9 Å². The van der Waals surface area contributed by atoms with Gasteiger partial charge in [-0.2, -0.15) is 0 Å². The lowest BCUT2D eigenvalue weighted by Gasteiger charge is -2.10. The number of hydrogen-bond donors (Lipinski definition) is 0. The third-order valence-electron chi connectivity index (χ3n) is 23.2. The van der Waals surface area contributed by atoms with Crippen LogP contribution in [0.15, 0.2) is 370 Å². The molecular formula is C123H115Cl2N7O10. The summed E-state index contributed by atoms with van der Waals surface area (Å²) in [5, 5.41) is 25.8. The maximum absolute atomic E-state index is 11.7. The van der Waals surface area contributed by atoms with Crippen LogP contribution in [0, 0.1) is 51.7 Å². The van der Waals surface area contributed by atoms with E-state index in [4.69, 9.17) is 66.3 Å². The fourth-order valence-electron chi connectivity index (χ4n) is 15.7. The molecule has 19 heteroatoms. The molecule has 0 unspecified atom stereocenters. The number of carbonyl (C=O) groups is 1. The van der Waals surface area contributed by atoms with Crippen molar-refractivity contribution in [1.29, 1.82) is 0 Å². The summed E-state index contributed by atoms with van der Waals surface area (Å²) in [5.74, 6) is 4.68. The lowest BCUT2D eigenvalue weighted by molar-refractivity contribution is -0.384. The van der Waals surface area contributed by atoms with Crippen LogP contribution in [0.2, 0.25) is 10.0 Å².